The standard InChI is InChI=1S/C22H28N2O4/c1-22(2,3)12-20(25)23-17-7-5-15(6-8-17)19-11-16-13-24(21(26)14-27-4)10-9-18(16)28-19/h5-8,11H,9-10,12-14H2,1-4H3,(H,23,25). The number of fused-ring (bicyclic) bond motifs is 1. The van der Waals surface area contributed by atoms with E-state index >= 15 is 0 Å². The first-order valence-corrected chi connectivity index (χ1v) is 9.54. The van der Waals surface area contributed by atoms with Crippen LogP contribution in [0.1, 0.15) is 38.5 Å². The van der Waals surface area contributed by atoms with E-state index < -0.39 is 0 Å². The fourth-order valence-corrected chi connectivity index (χ4v) is 3.31. The summed E-state index contributed by atoms with van der Waals surface area (Å²) in [5, 5.41) is 2.93. The Morgan fingerprint density at radius 2 is 1.93 bits per heavy atom. The van der Waals surface area contributed by atoms with Gasteiger partial charge in [0.25, 0.3) is 0 Å². The van der Waals surface area contributed by atoms with Gasteiger partial charge in [0, 0.05) is 49.9 Å². The molecule has 6 nitrogen and oxygen atoms in total. The number of rotatable bonds is 5. The van der Waals surface area contributed by atoms with Crippen molar-refractivity contribution in [3.05, 3.63) is 41.7 Å². The van der Waals surface area contributed by atoms with Gasteiger partial charge in [0.15, 0.2) is 0 Å². The summed E-state index contributed by atoms with van der Waals surface area (Å²) in [7, 11) is 1.53. The molecule has 28 heavy (non-hydrogen) atoms. The van der Waals surface area contributed by atoms with Gasteiger partial charge >= 0.3 is 0 Å². The molecule has 0 fully saturated rings. The van der Waals surface area contributed by atoms with Crippen molar-refractivity contribution in [2.45, 2.75) is 40.2 Å². The molecule has 2 aromatic rings. The topological polar surface area (TPSA) is 71.8 Å². The molecule has 2 heterocycles. The van der Waals surface area contributed by atoms with Gasteiger partial charge in [-0.15, -0.1) is 0 Å². The van der Waals surface area contributed by atoms with Crippen LogP contribution in [-0.4, -0.2) is 37.0 Å². The second-order valence-electron chi connectivity index (χ2n) is 8.42. The van der Waals surface area contributed by atoms with Crippen molar-refractivity contribution >= 4 is 17.5 Å². The smallest absolute Gasteiger partial charge is 0.248 e. The molecule has 0 saturated heterocycles. The molecule has 1 aliphatic heterocycles. The number of anilines is 1. The minimum absolute atomic E-state index is 0.00810. The first kappa shape index (κ1) is 20.1. The van der Waals surface area contributed by atoms with Gasteiger partial charge in [-0.25, -0.2) is 0 Å². The Balaban J connectivity index is 1.67. The lowest BCUT2D eigenvalue weighted by atomic mass is 9.92. The van der Waals surface area contributed by atoms with Crippen LogP contribution in [0.25, 0.3) is 11.3 Å². The molecule has 1 aliphatic rings. The van der Waals surface area contributed by atoms with E-state index in [4.69, 9.17) is 9.15 Å². The van der Waals surface area contributed by atoms with E-state index in [1.54, 1.807) is 4.90 Å². The summed E-state index contributed by atoms with van der Waals surface area (Å²) in [4.78, 5) is 25.9. The third-order valence-corrected chi connectivity index (χ3v) is 4.63. The number of furan rings is 1. The molecule has 0 radical (unpaired) electrons. The van der Waals surface area contributed by atoms with Crippen LogP contribution in [0.4, 0.5) is 5.69 Å². The lowest BCUT2D eigenvalue weighted by Crippen LogP contribution is -2.37. The van der Waals surface area contributed by atoms with Crippen molar-refractivity contribution in [3.63, 3.8) is 0 Å². The molecule has 0 spiro atoms. The van der Waals surface area contributed by atoms with Gasteiger partial charge in [-0.3, -0.25) is 9.59 Å². The number of ether oxygens (including phenoxy) is 1. The van der Waals surface area contributed by atoms with Crippen LogP contribution >= 0.6 is 0 Å². The van der Waals surface area contributed by atoms with Crippen molar-refractivity contribution in [1.82, 2.24) is 4.90 Å². The molecule has 1 aromatic carbocycles. The number of amides is 2. The molecular weight excluding hydrogens is 356 g/mol. The zero-order chi connectivity index (χ0) is 20.3. The fourth-order valence-electron chi connectivity index (χ4n) is 3.31. The highest BCUT2D eigenvalue weighted by Crippen LogP contribution is 2.30. The van der Waals surface area contributed by atoms with Crippen LogP contribution in [0.5, 0.6) is 0 Å². The normalized spacial score (nSPS) is 13.9. The van der Waals surface area contributed by atoms with Gasteiger partial charge in [-0.1, -0.05) is 20.8 Å². The molecule has 0 saturated carbocycles. The van der Waals surface area contributed by atoms with Crippen LogP contribution in [0.3, 0.4) is 0 Å². The summed E-state index contributed by atoms with van der Waals surface area (Å²) >= 11 is 0. The number of nitrogens with one attached hydrogen (secondary N) is 1. The molecule has 0 atom stereocenters. The molecule has 0 unspecified atom stereocenters. The maximum absolute atomic E-state index is 12.1. The molecule has 150 valence electrons. The second kappa shape index (κ2) is 8.19. The number of nitrogens with zero attached hydrogens (tertiary/aromatic N) is 1. The predicted molar refractivity (Wildman–Crippen MR) is 108 cm³/mol. The molecule has 1 aromatic heterocycles. The molecule has 2 amide bonds. The van der Waals surface area contributed by atoms with E-state index in [2.05, 4.69) is 5.32 Å². The highest BCUT2D eigenvalue weighted by Gasteiger charge is 2.24. The van der Waals surface area contributed by atoms with E-state index in [-0.39, 0.29) is 23.8 Å². The third kappa shape index (κ3) is 5.01. The largest absolute Gasteiger partial charge is 0.461 e. The number of carbonyl (C=O) groups excluding carboxylic acids is 2. The Bertz CT molecular complexity index is 846. The van der Waals surface area contributed by atoms with Gasteiger partial charge in [-0.2, -0.15) is 0 Å². The Hall–Kier alpha value is -2.60. The number of benzene rings is 1. The first-order chi connectivity index (χ1) is 13.2. The first-order valence-electron chi connectivity index (χ1n) is 9.54. The monoisotopic (exact) mass is 384 g/mol. The maximum Gasteiger partial charge on any atom is 0.248 e. The lowest BCUT2D eigenvalue weighted by molar-refractivity contribution is -0.136. The second-order valence-corrected chi connectivity index (χ2v) is 8.42. The number of hydrogen-bond acceptors (Lipinski definition) is 4. The van der Waals surface area contributed by atoms with Gasteiger partial charge < -0.3 is 19.4 Å². The van der Waals surface area contributed by atoms with Crippen LogP contribution < -0.4 is 5.32 Å². The zero-order valence-electron chi connectivity index (χ0n) is 17.0. The number of methoxy groups -OCH3 is 1. The van der Waals surface area contributed by atoms with Gasteiger partial charge in [0.1, 0.15) is 18.1 Å². The van der Waals surface area contributed by atoms with Crippen LogP contribution in [0.15, 0.2) is 34.7 Å². The minimum Gasteiger partial charge on any atom is -0.461 e. The maximum atomic E-state index is 12.1. The highest BCUT2D eigenvalue weighted by molar-refractivity contribution is 5.91. The summed E-state index contributed by atoms with van der Waals surface area (Å²) in [6, 6.07) is 9.63. The van der Waals surface area contributed by atoms with Crippen molar-refractivity contribution in [2.24, 2.45) is 5.41 Å². The molecule has 3 rings (SSSR count). The lowest BCUT2D eigenvalue weighted by Gasteiger charge is -2.25. The van der Waals surface area contributed by atoms with Gasteiger partial charge in [-0.05, 0) is 35.7 Å². The SMILES string of the molecule is COCC(=O)N1CCc2oc(-c3ccc(NC(=O)CC(C)(C)C)cc3)cc2C1. The zero-order valence-corrected chi connectivity index (χ0v) is 17.0. The Kier molecular flexibility index (Phi) is 5.89. The summed E-state index contributed by atoms with van der Waals surface area (Å²) in [5.74, 6) is 1.71. The quantitative estimate of drug-likeness (QED) is 0.850. The van der Waals surface area contributed by atoms with E-state index in [0.29, 0.717) is 25.9 Å². The molecule has 6 heteroatoms. The number of carbonyl (C=O) groups is 2. The Labute approximate surface area is 165 Å². The third-order valence-electron chi connectivity index (χ3n) is 4.63. The molecule has 1 N–H and O–H groups in total. The molecule has 0 bridgehead atoms. The number of hydrogen-bond donors (Lipinski definition) is 1. The molecule has 0 aliphatic carbocycles. The van der Waals surface area contributed by atoms with Crippen molar-refractivity contribution in [3.8, 4) is 11.3 Å². The minimum atomic E-state index is -0.0458. The molecular formula is C22H28N2O4. The van der Waals surface area contributed by atoms with Crippen molar-refractivity contribution in [2.75, 3.05) is 25.6 Å². The summed E-state index contributed by atoms with van der Waals surface area (Å²) in [6.07, 6.45) is 1.17. The average molecular weight is 384 g/mol. The fraction of sp³-hybridized carbons (Fsp3) is 0.455. The highest BCUT2D eigenvalue weighted by atomic mass is 16.5. The predicted octanol–water partition coefficient (Wildman–Crippen LogP) is 3.85. The Morgan fingerprint density at radius 3 is 2.57 bits per heavy atom. The van der Waals surface area contributed by atoms with Crippen LogP contribution in [-0.2, 0) is 27.3 Å². The van der Waals surface area contributed by atoms with E-state index in [1.165, 1.54) is 7.11 Å². The van der Waals surface area contributed by atoms with E-state index in [9.17, 15) is 9.59 Å². The Morgan fingerprint density at radius 1 is 1.21 bits per heavy atom. The van der Waals surface area contributed by atoms with E-state index in [0.717, 1.165) is 28.3 Å². The van der Waals surface area contributed by atoms with E-state index in [1.807, 2.05) is 51.1 Å². The summed E-state index contributed by atoms with van der Waals surface area (Å²) in [6.45, 7) is 7.40. The average Bonchev–Trinajstić information content (AvgIpc) is 3.04. The van der Waals surface area contributed by atoms with Crippen molar-refractivity contribution < 1.29 is 18.7 Å². The van der Waals surface area contributed by atoms with Crippen LogP contribution in [0.2, 0.25) is 0 Å². The van der Waals surface area contributed by atoms with Gasteiger partial charge in [0.05, 0.1) is 0 Å². The summed E-state index contributed by atoms with van der Waals surface area (Å²) in [5.41, 5.74) is 2.70. The van der Waals surface area contributed by atoms with Crippen LogP contribution in [0, 0.1) is 5.41 Å². The van der Waals surface area contributed by atoms with Gasteiger partial charge in [0.2, 0.25) is 11.8 Å². The summed E-state index contributed by atoms with van der Waals surface area (Å²) < 4.78 is 11.0. The van der Waals surface area contributed by atoms with Crippen molar-refractivity contribution in [1.29, 1.82) is 0 Å².